The Labute approximate surface area is 128 Å². The molecule has 22 heavy (non-hydrogen) atoms. The van der Waals surface area contributed by atoms with Crippen LogP contribution >= 0.6 is 0 Å². The molecule has 0 unspecified atom stereocenters. The Hall–Kier alpha value is -2.60. The van der Waals surface area contributed by atoms with Gasteiger partial charge >= 0.3 is 0 Å². The predicted octanol–water partition coefficient (Wildman–Crippen LogP) is 2.80. The summed E-state index contributed by atoms with van der Waals surface area (Å²) < 4.78 is 26.6. The lowest BCUT2D eigenvalue weighted by Gasteiger charge is -2.10. The highest BCUT2D eigenvalue weighted by Gasteiger charge is 2.21. The van der Waals surface area contributed by atoms with E-state index < -0.39 is 10.0 Å². The first kappa shape index (κ1) is 14.3. The summed E-state index contributed by atoms with van der Waals surface area (Å²) in [5.41, 5.74) is 1.51. The zero-order valence-corrected chi connectivity index (χ0v) is 12.7. The number of nitrogens with zero attached hydrogens (tertiary/aromatic N) is 2. The molecule has 3 aromatic rings. The minimum absolute atomic E-state index is 0.0554. The van der Waals surface area contributed by atoms with Crippen LogP contribution in [-0.4, -0.2) is 22.5 Å². The second-order valence-corrected chi connectivity index (χ2v) is 6.73. The van der Waals surface area contributed by atoms with Crippen molar-refractivity contribution in [2.75, 3.05) is 0 Å². The molecule has 0 aliphatic carbocycles. The lowest BCUT2D eigenvalue weighted by atomic mass is 10.2. The van der Waals surface area contributed by atoms with E-state index in [-0.39, 0.29) is 16.5 Å². The monoisotopic (exact) mass is 314 g/mol. The highest BCUT2D eigenvalue weighted by atomic mass is 32.2. The van der Waals surface area contributed by atoms with Crippen LogP contribution in [0.5, 0.6) is 5.75 Å². The Morgan fingerprint density at radius 3 is 2.50 bits per heavy atom. The van der Waals surface area contributed by atoms with Gasteiger partial charge in [-0.2, -0.15) is 0 Å². The van der Waals surface area contributed by atoms with Gasteiger partial charge in [-0.25, -0.2) is 17.4 Å². The molecule has 0 fully saturated rings. The summed E-state index contributed by atoms with van der Waals surface area (Å²) in [6.45, 7) is 1.89. The maximum Gasteiger partial charge on any atom is 0.269 e. The van der Waals surface area contributed by atoms with E-state index >= 15 is 0 Å². The van der Waals surface area contributed by atoms with Gasteiger partial charge in [-0.05, 0) is 31.2 Å². The zero-order chi connectivity index (χ0) is 15.7. The van der Waals surface area contributed by atoms with Crippen LogP contribution in [0.15, 0.2) is 65.8 Å². The van der Waals surface area contributed by atoms with Gasteiger partial charge in [-0.1, -0.05) is 29.8 Å². The van der Waals surface area contributed by atoms with E-state index in [0.29, 0.717) is 5.56 Å². The molecule has 3 rings (SSSR count). The molecule has 0 amide bonds. The largest absolute Gasteiger partial charge is 0.508 e. The highest BCUT2D eigenvalue weighted by Crippen LogP contribution is 2.25. The third kappa shape index (κ3) is 2.48. The zero-order valence-electron chi connectivity index (χ0n) is 11.8. The summed E-state index contributed by atoms with van der Waals surface area (Å²) >= 11 is 0. The van der Waals surface area contributed by atoms with Gasteiger partial charge < -0.3 is 5.11 Å². The maximum absolute atomic E-state index is 12.7. The highest BCUT2D eigenvalue weighted by molar-refractivity contribution is 7.90. The van der Waals surface area contributed by atoms with E-state index in [2.05, 4.69) is 4.98 Å². The second kappa shape index (κ2) is 5.31. The van der Waals surface area contributed by atoms with Crippen LogP contribution in [0.3, 0.4) is 0 Å². The van der Waals surface area contributed by atoms with Gasteiger partial charge in [-0.15, -0.1) is 0 Å². The molecule has 0 spiro atoms. The fourth-order valence-corrected chi connectivity index (χ4v) is 3.46. The van der Waals surface area contributed by atoms with Crippen molar-refractivity contribution in [2.45, 2.75) is 11.8 Å². The van der Waals surface area contributed by atoms with Crippen LogP contribution in [0.4, 0.5) is 0 Å². The molecule has 0 aliphatic heterocycles. The molecule has 1 heterocycles. The second-order valence-electron chi connectivity index (χ2n) is 4.92. The minimum Gasteiger partial charge on any atom is -0.508 e. The number of hydrogen-bond donors (Lipinski definition) is 1. The summed E-state index contributed by atoms with van der Waals surface area (Å²) in [5.74, 6) is 0.316. The number of hydrogen-bond acceptors (Lipinski definition) is 4. The van der Waals surface area contributed by atoms with Crippen molar-refractivity contribution in [3.05, 3.63) is 66.5 Å². The Kier molecular flexibility index (Phi) is 3.46. The number of aryl methyl sites for hydroxylation is 1. The minimum atomic E-state index is -3.73. The molecule has 0 atom stereocenters. The standard InChI is InChI=1S/C16H14N2O3S/c1-12-5-7-15(8-6-12)22(20,21)18-10-9-17-16(18)13-3-2-4-14(19)11-13/h2-11,19H,1H3. The quantitative estimate of drug-likeness (QED) is 0.807. The van der Waals surface area contributed by atoms with E-state index in [1.165, 1.54) is 24.5 Å². The van der Waals surface area contributed by atoms with Crippen LogP contribution in [0.2, 0.25) is 0 Å². The van der Waals surface area contributed by atoms with Crippen molar-refractivity contribution in [1.29, 1.82) is 0 Å². The Morgan fingerprint density at radius 1 is 1.09 bits per heavy atom. The molecule has 1 N–H and O–H groups in total. The maximum atomic E-state index is 12.7. The molecule has 0 saturated heterocycles. The number of aromatic hydroxyl groups is 1. The van der Waals surface area contributed by atoms with Gasteiger partial charge in [-0.3, -0.25) is 0 Å². The molecule has 0 aliphatic rings. The van der Waals surface area contributed by atoms with Crippen molar-refractivity contribution >= 4 is 10.0 Å². The van der Waals surface area contributed by atoms with E-state index in [1.807, 2.05) is 6.92 Å². The molecule has 6 heteroatoms. The van der Waals surface area contributed by atoms with Crippen molar-refractivity contribution in [3.63, 3.8) is 0 Å². The molecule has 0 saturated carbocycles. The summed E-state index contributed by atoms with van der Waals surface area (Å²) in [6.07, 6.45) is 2.82. The molecule has 0 bridgehead atoms. The van der Waals surface area contributed by atoms with Crippen LogP contribution in [0.1, 0.15) is 5.56 Å². The lowest BCUT2D eigenvalue weighted by Crippen LogP contribution is -2.13. The Balaban J connectivity index is 2.14. The summed E-state index contributed by atoms with van der Waals surface area (Å²) in [4.78, 5) is 4.30. The molecule has 2 aromatic carbocycles. The van der Waals surface area contributed by atoms with Crippen molar-refractivity contribution < 1.29 is 13.5 Å². The smallest absolute Gasteiger partial charge is 0.269 e. The molecular formula is C16H14N2O3S. The Morgan fingerprint density at radius 2 is 1.82 bits per heavy atom. The molecular weight excluding hydrogens is 300 g/mol. The van der Waals surface area contributed by atoms with E-state index in [4.69, 9.17) is 0 Å². The third-order valence-electron chi connectivity index (χ3n) is 3.29. The average Bonchev–Trinajstić information content (AvgIpc) is 2.98. The molecule has 0 radical (unpaired) electrons. The van der Waals surface area contributed by atoms with Crippen LogP contribution in [-0.2, 0) is 10.0 Å². The predicted molar refractivity (Wildman–Crippen MR) is 83.1 cm³/mol. The summed E-state index contributed by atoms with van der Waals surface area (Å²) in [6, 6.07) is 13.0. The number of phenols is 1. The number of rotatable bonds is 3. The Bertz CT molecular complexity index is 913. The van der Waals surface area contributed by atoms with Gasteiger partial charge in [0.25, 0.3) is 10.0 Å². The third-order valence-corrected chi connectivity index (χ3v) is 4.97. The van der Waals surface area contributed by atoms with Crippen molar-refractivity contribution in [3.8, 4) is 17.1 Å². The van der Waals surface area contributed by atoms with E-state index in [9.17, 15) is 13.5 Å². The van der Waals surface area contributed by atoms with E-state index in [0.717, 1.165) is 9.54 Å². The molecule has 112 valence electrons. The fraction of sp³-hybridized carbons (Fsp3) is 0.0625. The first-order valence-electron chi connectivity index (χ1n) is 6.63. The first-order valence-corrected chi connectivity index (χ1v) is 8.07. The lowest BCUT2D eigenvalue weighted by molar-refractivity contribution is 0.475. The SMILES string of the molecule is Cc1ccc(S(=O)(=O)n2ccnc2-c2cccc(O)c2)cc1. The summed E-state index contributed by atoms with van der Waals surface area (Å²) in [7, 11) is -3.73. The van der Waals surface area contributed by atoms with Crippen LogP contribution in [0.25, 0.3) is 11.4 Å². The summed E-state index contributed by atoms with van der Waals surface area (Å²) in [5, 5.41) is 9.57. The number of imidazole rings is 1. The average molecular weight is 314 g/mol. The first-order chi connectivity index (χ1) is 10.5. The number of phenolic OH excluding ortho intramolecular Hbond substituents is 1. The van der Waals surface area contributed by atoms with Gasteiger partial charge in [0.2, 0.25) is 0 Å². The molecule has 1 aromatic heterocycles. The van der Waals surface area contributed by atoms with Crippen molar-refractivity contribution in [2.24, 2.45) is 0 Å². The van der Waals surface area contributed by atoms with Gasteiger partial charge in [0.15, 0.2) is 5.82 Å². The number of benzene rings is 2. The molecule has 5 nitrogen and oxygen atoms in total. The topological polar surface area (TPSA) is 72.2 Å². The van der Waals surface area contributed by atoms with Crippen LogP contribution in [0, 0.1) is 6.92 Å². The van der Waals surface area contributed by atoms with Crippen LogP contribution < -0.4 is 0 Å². The number of aromatic nitrogens is 2. The normalized spacial score (nSPS) is 11.5. The van der Waals surface area contributed by atoms with E-state index in [1.54, 1.807) is 36.4 Å². The fourth-order valence-electron chi connectivity index (χ4n) is 2.16. The van der Waals surface area contributed by atoms with Gasteiger partial charge in [0.05, 0.1) is 4.90 Å². The van der Waals surface area contributed by atoms with Gasteiger partial charge in [0.1, 0.15) is 5.75 Å². The van der Waals surface area contributed by atoms with Gasteiger partial charge in [0, 0.05) is 18.0 Å². The van der Waals surface area contributed by atoms with Crippen molar-refractivity contribution in [1.82, 2.24) is 8.96 Å².